The van der Waals surface area contributed by atoms with Crippen LogP contribution in [0.1, 0.15) is 13.8 Å². The Morgan fingerprint density at radius 1 is 1.30 bits per heavy atom. The van der Waals surface area contributed by atoms with E-state index in [2.05, 4.69) is 0 Å². The summed E-state index contributed by atoms with van der Waals surface area (Å²) in [5.74, 6) is -1.17. The van der Waals surface area contributed by atoms with E-state index >= 15 is 0 Å². The quantitative estimate of drug-likeness (QED) is 0.499. The number of carboxylic acids is 1. The summed E-state index contributed by atoms with van der Waals surface area (Å²) in [5, 5.41) is 8.29. The van der Waals surface area contributed by atoms with Gasteiger partial charge in [0.05, 0.1) is 0 Å². The Bertz CT molecular complexity index is 240. The number of allylic oxidation sites excluding steroid dienone is 1. The second-order valence-corrected chi connectivity index (χ2v) is 3.91. The Hall–Kier alpha value is -0.476. The first-order chi connectivity index (χ1) is 4.46. The summed E-state index contributed by atoms with van der Waals surface area (Å²) in [5.41, 5.74) is -0.0833. The van der Waals surface area contributed by atoms with Gasteiger partial charge in [-0.3, -0.25) is 0 Å². The van der Waals surface area contributed by atoms with E-state index in [1.54, 1.807) is 0 Å². The Balaban J connectivity index is 4.86. The van der Waals surface area contributed by atoms with E-state index in [-0.39, 0.29) is 9.45 Å². The van der Waals surface area contributed by atoms with Crippen molar-refractivity contribution in [2.24, 2.45) is 0 Å². The minimum absolute atomic E-state index is 0.00694. The van der Waals surface area contributed by atoms with Crippen LogP contribution < -0.4 is 0 Å². The summed E-state index contributed by atoms with van der Waals surface area (Å²) >= 11 is -3.62. The third-order valence-electron chi connectivity index (χ3n) is 1.19. The van der Waals surface area contributed by atoms with E-state index in [0.29, 0.717) is 0 Å². The zero-order chi connectivity index (χ0) is 8.31. The molecule has 0 spiro atoms. The Kier molecular flexibility index (Phi) is 3.46. The van der Waals surface area contributed by atoms with Crippen molar-refractivity contribution >= 4 is 5.97 Å². The van der Waals surface area contributed by atoms with Crippen molar-refractivity contribution in [1.82, 2.24) is 0 Å². The molecule has 0 rings (SSSR count). The van der Waals surface area contributed by atoms with Crippen molar-refractivity contribution in [1.29, 1.82) is 0 Å². The van der Waals surface area contributed by atoms with Gasteiger partial charge >= 0.3 is 63.6 Å². The summed E-state index contributed by atoms with van der Waals surface area (Å²) in [7, 11) is 0. The predicted molar refractivity (Wildman–Crippen MR) is 27.4 cm³/mol. The second-order valence-electron chi connectivity index (χ2n) is 1.84. The molecule has 0 atom stereocenters. The van der Waals surface area contributed by atoms with E-state index in [1.165, 1.54) is 13.8 Å². The zero-order valence-electron chi connectivity index (χ0n) is 5.67. The van der Waals surface area contributed by atoms with Crippen LogP contribution in [0.4, 0.5) is 0 Å². The average Bonchev–Trinajstić information content (AvgIpc) is 1.84. The first kappa shape index (κ1) is 9.52. The van der Waals surface area contributed by atoms with Gasteiger partial charge in [0.15, 0.2) is 0 Å². The molecular formula is C5H7O4Ti. The molecule has 0 saturated heterocycles. The van der Waals surface area contributed by atoms with Crippen molar-refractivity contribution in [2.75, 3.05) is 0 Å². The van der Waals surface area contributed by atoms with Crippen LogP contribution in [0.5, 0.6) is 0 Å². The minimum atomic E-state index is -3.62. The summed E-state index contributed by atoms with van der Waals surface area (Å²) in [6.07, 6.45) is 0. The predicted octanol–water partition coefficient (Wildman–Crippen LogP) is 0.674. The van der Waals surface area contributed by atoms with E-state index < -0.39 is 23.8 Å². The van der Waals surface area contributed by atoms with Gasteiger partial charge in [0, 0.05) is 0 Å². The van der Waals surface area contributed by atoms with Gasteiger partial charge in [-0.25, -0.2) is 0 Å². The summed E-state index contributed by atoms with van der Waals surface area (Å²) in [4.78, 5) is 10.1. The third-order valence-corrected chi connectivity index (χ3v) is 2.73. The van der Waals surface area contributed by atoms with Crippen molar-refractivity contribution in [2.45, 2.75) is 13.8 Å². The number of carbonyl (C=O) groups is 1. The third kappa shape index (κ3) is 2.41. The van der Waals surface area contributed by atoms with Gasteiger partial charge in [0.25, 0.3) is 0 Å². The van der Waals surface area contributed by atoms with E-state index in [4.69, 9.17) is 5.11 Å². The first-order valence-corrected chi connectivity index (χ1v) is 4.64. The van der Waals surface area contributed by atoms with Crippen molar-refractivity contribution < 1.29 is 34.4 Å². The van der Waals surface area contributed by atoms with Crippen molar-refractivity contribution in [3.63, 3.8) is 0 Å². The molecule has 0 aromatic carbocycles. The van der Waals surface area contributed by atoms with Crippen LogP contribution in [-0.2, 0) is 29.3 Å². The van der Waals surface area contributed by atoms with Crippen molar-refractivity contribution in [3.05, 3.63) is 9.45 Å². The SMILES string of the molecule is CC(C(=O)O)=[C](C)[Ti](=[O])=[O]. The molecule has 5 heteroatoms. The average molecular weight is 179 g/mol. The van der Waals surface area contributed by atoms with E-state index in [9.17, 15) is 11.4 Å². The van der Waals surface area contributed by atoms with E-state index in [0.717, 1.165) is 0 Å². The Morgan fingerprint density at radius 3 is 1.80 bits per heavy atom. The molecule has 0 aliphatic carbocycles. The molecule has 4 nitrogen and oxygen atoms in total. The molecule has 0 amide bonds. The van der Waals surface area contributed by atoms with Crippen LogP contribution in [-0.4, -0.2) is 11.1 Å². The van der Waals surface area contributed by atoms with Crippen LogP contribution in [0.2, 0.25) is 0 Å². The number of hydrogen-bond donors (Lipinski definition) is 1. The number of carboxylic acid groups (broad SMARTS) is 1. The van der Waals surface area contributed by atoms with Gasteiger partial charge < -0.3 is 0 Å². The number of hydrogen-bond acceptors (Lipinski definition) is 3. The maximum atomic E-state index is 10.3. The fourth-order valence-corrected chi connectivity index (χ4v) is 0.959. The van der Waals surface area contributed by atoms with E-state index in [1.807, 2.05) is 0 Å². The molecule has 0 aliphatic heterocycles. The van der Waals surface area contributed by atoms with Gasteiger partial charge in [-0.15, -0.1) is 0 Å². The molecule has 0 fully saturated rings. The zero-order valence-corrected chi connectivity index (χ0v) is 7.23. The fraction of sp³-hybridized carbons (Fsp3) is 0.400. The van der Waals surface area contributed by atoms with Gasteiger partial charge in [-0.05, 0) is 0 Å². The van der Waals surface area contributed by atoms with Crippen LogP contribution in [0.15, 0.2) is 9.45 Å². The van der Waals surface area contributed by atoms with Crippen LogP contribution in [0, 0.1) is 0 Å². The molecule has 0 aromatic heterocycles. The molecule has 55 valence electrons. The van der Waals surface area contributed by atoms with Crippen LogP contribution >= 0.6 is 0 Å². The molecule has 1 N–H and O–H groups in total. The van der Waals surface area contributed by atoms with Crippen LogP contribution in [0.25, 0.3) is 0 Å². The summed E-state index contributed by atoms with van der Waals surface area (Å²) in [6.45, 7) is 2.58. The molecule has 10 heavy (non-hydrogen) atoms. The molecule has 0 aromatic rings. The van der Waals surface area contributed by atoms with Gasteiger partial charge in [-0.1, -0.05) is 0 Å². The molecule has 0 aliphatic rings. The fourth-order valence-electron chi connectivity index (χ4n) is 0.313. The summed E-state index contributed by atoms with van der Waals surface area (Å²) in [6, 6.07) is 0. The molecule has 0 radical (unpaired) electrons. The van der Waals surface area contributed by atoms with Crippen molar-refractivity contribution in [3.8, 4) is 0 Å². The van der Waals surface area contributed by atoms with Gasteiger partial charge in [0.2, 0.25) is 0 Å². The standard InChI is InChI=1S/C5H7O2.2O.Ti/c1-3-4(2)5(6)7;;;/h1-2H3,(H,6,7);;;. The second kappa shape index (κ2) is 3.63. The monoisotopic (exact) mass is 179 g/mol. The Morgan fingerprint density at radius 2 is 1.70 bits per heavy atom. The molecule has 0 saturated carbocycles. The topological polar surface area (TPSA) is 71.4 Å². The molecule has 0 bridgehead atoms. The Labute approximate surface area is 64.0 Å². The number of rotatable bonds is 2. The van der Waals surface area contributed by atoms with Crippen LogP contribution in [0.3, 0.4) is 0 Å². The molecule has 0 heterocycles. The number of aliphatic carboxylic acids is 1. The summed E-state index contributed by atoms with van der Waals surface area (Å²) < 4.78 is 20.5. The maximum absolute atomic E-state index is 10.3. The van der Waals surface area contributed by atoms with Gasteiger partial charge in [-0.2, -0.15) is 0 Å². The molecular weight excluding hydrogens is 172 g/mol. The molecule has 0 unspecified atom stereocenters. The normalized spacial score (nSPS) is 12.2. The first-order valence-electron chi connectivity index (χ1n) is 2.59. The van der Waals surface area contributed by atoms with Gasteiger partial charge in [0.1, 0.15) is 0 Å².